The summed E-state index contributed by atoms with van der Waals surface area (Å²) in [5.41, 5.74) is -1.68. The number of carboxylic acid groups (broad SMARTS) is 1. The summed E-state index contributed by atoms with van der Waals surface area (Å²) in [6, 6.07) is 6.61. The number of carbonyl (C=O) groups excluding carboxylic acids is 2. The van der Waals surface area contributed by atoms with Gasteiger partial charge in [-0.15, -0.1) is 0 Å². The van der Waals surface area contributed by atoms with Gasteiger partial charge in [0.15, 0.2) is 29.7 Å². The average Bonchev–Trinajstić information content (AvgIpc) is 3.07. The number of ether oxygens (including phenoxy) is 7. The molecule has 2 fully saturated rings. The molecule has 0 amide bonds. The van der Waals surface area contributed by atoms with Crippen LogP contribution in [-0.2, 0) is 28.5 Å². The highest BCUT2D eigenvalue weighted by atomic mass is 16.8. The Hall–Kier alpha value is -4.31. The maximum atomic E-state index is 13.2. The zero-order chi connectivity index (χ0) is 38.9. The van der Waals surface area contributed by atoms with Gasteiger partial charge in [0.05, 0.1) is 38.1 Å². The molecule has 2 aromatic carbocycles. The van der Waals surface area contributed by atoms with Crippen molar-refractivity contribution in [1.82, 2.24) is 0 Å². The summed E-state index contributed by atoms with van der Waals surface area (Å²) >= 11 is 0. The van der Waals surface area contributed by atoms with E-state index in [1.165, 1.54) is 38.3 Å². The predicted molar refractivity (Wildman–Crippen MR) is 172 cm³/mol. The Kier molecular flexibility index (Phi) is 12.0. The molecule has 3 aliphatic rings. The summed E-state index contributed by atoms with van der Waals surface area (Å²) in [6.07, 6.45) is -19.4. The third kappa shape index (κ3) is 8.91. The lowest BCUT2D eigenvalue weighted by Gasteiger charge is -2.45. The maximum absolute atomic E-state index is 13.2. The summed E-state index contributed by atoms with van der Waals surface area (Å²) in [7, 11) is 1.34. The zero-order valence-corrected chi connectivity index (χ0v) is 28.7. The fourth-order valence-corrected chi connectivity index (χ4v) is 6.19. The molecule has 0 aliphatic carbocycles. The number of carbonyl (C=O) groups is 3. The van der Waals surface area contributed by atoms with Crippen molar-refractivity contribution in [2.75, 3.05) is 13.7 Å². The molecule has 19 nitrogen and oxygen atoms in total. The molecule has 5 rings (SSSR count). The van der Waals surface area contributed by atoms with Gasteiger partial charge in [-0.3, -0.25) is 14.4 Å². The van der Waals surface area contributed by atoms with Gasteiger partial charge >= 0.3 is 11.9 Å². The second kappa shape index (κ2) is 16.0. The van der Waals surface area contributed by atoms with Crippen LogP contribution >= 0.6 is 0 Å². The quantitative estimate of drug-likeness (QED) is 0.118. The number of carboxylic acids is 1. The minimum absolute atomic E-state index is 0.125. The monoisotopic (exact) mass is 754 g/mol. The molecule has 0 unspecified atom stereocenters. The molecular weight excluding hydrogens is 712 g/mol. The first kappa shape index (κ1) is 39.9. The number of esters is 1. The second-order valence-corrected chi connectivity index (χ2v) is 13.3. The molecule has 9 N–H and O–H groups in total. The maximum Gasteiger partial charge on any atom is 0.308 e. The predicted octanol–water partition coefficient (Wildman–Crippen LogP) is -0.990. The van der Waals surface area contributed by atoms with Gasteiger partial charge in [0.25, 0.3) is 0 Å². The fraction of sp³-hybridized carbons (Fsp3) is 0.559. The van der Waals surface area contributed by atoms with E-state index in [1.807, 2.05) is 0 Å². The standard InChI is InChI=1S/C34H42O19/c1-13-26(41)28(43)30(45)32(49-13)53-31-29(44)27(42)22(12-48-24(40)11-34(2,46)10-23(38)39)52-33(31)50-15-7-17(36)25-18(37)9-19(51-21(25)8-15)14-4-5-16(35)20(6-14)47-3/h4-8,13,19,22,26-33,35-36,41-46H,9-12H2,1-3H3,(H,38,39)/t13-,19-,22+,26-,27+,28+,29-,30+,31+,32-,33+,34+/m0/s1. The fourth-order valence-electron chi connectivity index (χ4n) is 6.19. The van der Waals surface area contributed by atoms with Crippen LogP contribution < -0.4 is 14.2 Å². The number of aliphatic hydroxyl groups is 6. The highest BCUT2D eigenvalue weighted by Gasteiger charge is 2.51. The van der Waals surface area contributed by atoms with E-state index in [-0.39, 0.29) is 35.0 Å². The molecule has 12 atom stereocenters. The molecule has 0 radical (unpaired) electrons. The molecule has 3 aliphatic heterocycles. The number of rotatable bonds is 12. The number of phenols is 2. The number of aliphatic hydroxyl groups excluding tert-OH is 5. The Morgan fingerprint density at radius 2 is 1.62 bits per heavy atom. The van der Waals surface area contributed by atoms with Crippen molar-refractivity contribution >= 4 is 17.7 Å². The second-order valence-electron chi connectivity index (χ2n) is 13.3. The van der Waals surface area contributed by atoms with Crippen molar-refractivity contribution in [1.29, 1.82) is 0 Å². The van der Waals surface area contributed by atoms with Crippen molar-refractivity contribution in [2.45, 2.75) is 106 Å². The van der Waals surface area contributed by atoms with Crippen LogP contribution in [0.25, 0.3) is 0 Å². The summed E-state index contributed by atoms with van der Waals surface area (Å²) in [5, 5.41) is 93.3. The molecular formula is C34H42O19. The van der Waals surface area contributed by atoms with Gasteiger partial charge in [-0.2, -0.15) is 0 Å². The Morgan fingerprint density at radius 1 is 0.906 bits per heavy atom. The summed E-state index contributed by atoms with van der Waals surface area (Å²) in [5.74, 6) is -3.87. The molecule has 292 valence electrons. The smallest absolute Gasteiger partial charge is 0.308 e. The topological polar surface area (TPSA) is 298 Å². The van der Waals surface area contributed by atoms with Crippen LogP contribution in [0.3, 0.4) is 0 Å². The van der Waals surface area contributed by atoms with Crippen LogP contribution in [0.2, 0.25) is 0 Å². The lowest BCUT2D eigenvalue weighted by atomic mass is 9.95. The summed E-state index contributed by atoms with van der Waals surface area (Å²) in [6.45, 7) is 1.74. The van der Waals surface area contributed by atoms with Crippen LogP contribution in [0.4, 0.5) is 0 Å². The molecule has 0 saturated carbocycles. The molecule has 0 aromatic heterocycles. The van der Waals surface area contributed by atoms with Gasteiger partial charge in [-0.25, -0.2) is 0 Å². The first-order valence-corrected chi connectivity index (χ1v) is 16.5. The number of hydrogen-bond acceptors (Lipinski definition) is 18. The first-order valence-electron chi connectivity index (χ1n) is 16.5. The van der Waals surface area contributed by atoms with Crippen LogP contribution in [0, 0.1) is 0 Å². The number of methoxy groups -OCH3 is 1. The van der Waals surface area contributed by atoms with E-state index < -0.39 is 116 Å². The van der Waals surface area contributed by atoms with Crippen molar-refractivity contribution in [3.63, 3.8) is 0 Å². The van der Waals surface area contributed by atoms with E-state index in [4.69, 9.17) is 38.3 Å². The van der Waals surface area contributed by atoms with E-state index in [9.17, 15) is 55.2 Å². The SMILES string of the molecule is COc1cc([C@@H]2CC(=O)c3c(O)cc(O[C@@H]4O[C@H](COC(=O)C[C@](C)(O)CC(=O)O)[C@@H](O)[C@H](O)[C@H]4O[C@@H]4O[C@@H](C)[C@H](O)[C@@H](O)[C@H]4O)cc3O2)ccc1O. The Labute approximate surface area is 301 Å². The Balaban J connectivity index is 1.41. The number of aromatic hydroxyl groups is 2. The van der Waals surface area contributed by atoms with Gasteiger partial charge in [-0.1, -0.05) is 6.07 Å². The average molecular weight is 755 g/mol. The van der Waals surface area contributed by atoms with Crippen molar-refractivity contribution in [3.05, 3.63) is 41.5 Å². The third-order valence-electron chi connectivity index (χ3n) is 9.01. The summed E-state index contributed by atoms with van der Waals surface area (Å²) < 4.78 is 39.4. The van der Waals surface area contributed by atoms with Gasteiger partial charge in [-0.05, 0) is 31.5 Å². The normalized spacial score (nSPS) is 32.5. The molecule has 2 saturated heterocycles. The highest BCUT2D eigenvalue weighted by Crippen LogP contribution is 2.44. The largest absolute Gasteiger partial charge is 0.507 e. The van der Waals surface area contributed by atoms with Crippen molar-refractivity contribution in [2.24, 2.45) is 0 Å². The van der Waals surface area contributed by atoms with Gasteiger partial charge in [0, 0.05) is 12.1 Å². The molecule has 2 aromatic rings. The Bertz CT molecular complexity index is 1660. The van der Waals surface area contributed by atoms with Gasteiger partial charge in [0.1, 0.15) is 72.1 Å². The minimum Gasteiger partial charge on any atom is -0.507 e. The van der Waals surface area contributed by atoms with E-state index in [2.05, 4.69) is 0 Å². The summed E-state index contributed by atoms with van der Waals surface area (Å²) in [4.78, 5) is 36.6. The van der Waals surface area contributed by atoms with E-state index >= 15 is 0 Å². The van der Waals surface area contributed by atoms with Crippen LogP contribution in [0.5, 0.6) is 28.7 Å². The minimum atomic E-state index is -1.97. The molecule has 0 spiro atoms. The molecule has 3 heterocycles. The molecule has 19 heteroatoms. The highest BCUT2D eigenvalue weighted by molar-refractivity contribution is 6.02. The third-order valence-corrected chi connectivity index (χ3v) is 9.01. The van der Waals surface area contributed by atoms with Crippen molar-refractivity contribution in [3.8, 4) is 28.7 Å². The number of Topliss-reactive ketones (excluding diaryl/α,β-unsaturated/α-hetero) is 1. The van der Waals surface area contributed by atoms with Crippen LogP contribution in [0.15, 0.2) is 30.3 Å². The van der Waals surface area contributed by atoms with E-state index in [1.54, 1.807) is 0 Å². The number of fused-ring (bicyclic) bond motifs is 1. The van der Waals surface area contributed by atoms with Gasteiger partial charge in [0.2, 0.25) is 6.29 Å². The lowest BCUT2D eigenvalue weighted by Crippen LogP contribution is -2.64. The lowest BCUT2D eigenvalue weighted by molar-refractivity contribution is -0.354. The van der Waals surface area contributed by atoms with E-state index in [0.29, 0.717) is 5.56 Å². The number of hydrogen-bond donors (Lipinski definition) is 9. The van der Waals surface area contributed by atoms with Gasteiger partial charge < -0.3 is 79.1 Å². The first-order chi connectivity index (χ1) is 24.9. The number of aliphatic carboxylic acids is 1. The van der Waals surface area contributed by atoms with E-state index in [0.717, 1.165) is 13.0 Å². The Morgan fingerprint density at radius 3 is 2.30 bits per heavy atom. The van der Waals surface area contributed by atoms with Crippen LogP contribution in [-0.4, -0.2) is 144 Å². The molecule has 53 heavy (non-hydrogen) atoms. The van der Waals surface area contributed by atoms with Crippen LogP contribution in [0.1, 0.15) is 55.1 Å². The number of benzene rings is 2. The number of ketones is 1. The zero-order valence-electron chi connectivity index (χ0n) is 28.7. The van der Waals surface area contributed by atoms with Crippen molar-refractivity contribution < 1.29 is 93.5 Å². The molecule has 0 bridgehead atoms. The number of phenolic OH excluding ortho intramolecular Hbond substituents is 2.